The summed E-state index contributed by atoms with van der Waals surface area (Å²) in [5.74, 6) is 0. The number of para-hydroxylation sites is 1. The molecule has 2 aromatic carbocycles. The summed E-state index contributed by atoms with van der Waals surface area (Å²) >= 11 is 12.9. The summed E-state index contributed by atoms with van der Waals surface area (Å²) in [6.45, 7) is 1.62. The molecular weight excluding hydrogens is 347 g/mol. The number of hydrogen-bond donors (Lipinski definition) is 2. The second-order valence-electron chi connectivity index (χ2n) is 6.57. The molecule has 24 heavy (non-hydrogen) atoms. The van der Waals surface area contributed by atoms with Crippen LogP contribution in [-0.4, -0.2) is 25.0 Å². The predicted octanol–water partition coefficient (Wildman–Crippen LogP) is 2.27. The fourth-order valence-electron chi connectivity index (χ4n) is 3.84. The Balaban J connectivity index is 1.88. The smallest absolute Gasteiger partial charge is 0.261 e. The molecule has 126 valence electrons. The summed E-state index contributed by atoms with van der Waals surface area (Å²) in [5.41, 5.74) is 6.33. The number of rotatable bonds is 1. The van der Waals surface area contributed by atoms with Gasteiger partial charge in [-0.1, -0.05) is 41.4 Å². The van der Waals surface area contributed by atoms with Gasteiger partial charge in [0.15, 0.2) is 13.3 Å². The van der Waals surface area contributed by atoms with Gasteiger partial charge in [-0.3, -0.25) is 0 Å². The van der Waals surface area contributed by atoms with E-state index < -0.39 is 0 Å². The molecule has 7 heteroatoms. The molecule has 3 atom stereocenters. The molecule has 3 unspecified atom stereocenters. The van der Waals surface area contributed by atoms with E-state index in [2.05, 4.69) is 17.4 Å². The minimum absolute atomic E-state index is 0.196. The topological polar surface area (TPSA) is 42.8 Å². The Morgan fingerprint density at radius 2 is 1.92 bits per heavy atom. The largest absolute Gasteiger partial charge is 0.629 e. The molecule has 0 amide bonds. The monoisotopic (exact) mass is 365 g/mol. The second-order valence-corrected chi connectivity index (χ2v) is 7.38. The van der Waals surface area contributed by atoms with Crippen molar-refractivity contribution in [3.63, 3.8) is 0 Å². The lowest BCUT2D eigenvalue weighted by Crippen LogP contribution is -3.07. The highest BCUT2D eigenvalue weighted by molar-refractivity contribution is 6.33. The van der Waals surface area contributed by atoms with Crippen molar-refractivity contribution in [3.05, 3.63) is 68.8 Å². The van der Waals surface area contributed by atoms with Crippen LogP contribution in [0.5, 0.6) is 0 Å². The van der Waals surface area contributed by atoms with Crippen molar-refractivity contribution in [1.29, 1.82) is 0 Å². The number of quaternary nitrogens is 2. The van der Waals surface area contributed by atoms with Gasteiger partial charge in [-0.15, -0.1) is 5.43 Å². The molecule has 0 saturated carbocycles. The highest BCUT2D eigenvalue weighted by Gasteiger charge is 2.50. The van der Waals surface area contributed by atoms with Crippen molar-refractivity contribution >= 4 is 28.9 Å². The highest BCUT2D eigenvalue weighted by Crippen LogP contribution is 2.37. The minimum atomic E-state index is -0.244. The van der Waals surface area contributed by atoms with Gasteiger partial charge in [-0.25, -0.2) is 0 Å². The third-order valence-corrected chi connectivity index (χ3v) is 5.62. The number of anilines is 1. The maximum Gasteiger partial charge on any atom is 0.261 e. The van der Waals surface area contributed by atoms with Crippen LogP contribution < -0.4 is 15.4 Å². The van der Waals surface area contributed by atoms with E-state index in [-0.39, 0.29) is 11.2 Å². The molecule has 2 aliphatic rings. The van der Waals surface area contributed by atoms with Crippen molar-refractivity contribution in [2.24, 2.45) is 0 Å². The van der Waals surface area contributed by atoms with E-state index in [0.29, 0.717) is 34.5 Å². The van der Waals surface area contributed by atoms with Crippen LogP contribution in [-0.2, 0) is 6.54 Å². The van der Waals surface area contributed by atoms with Crippen LogP contribution in [0, 0.1) is 5.21 Å². The lowest BCUT2D eigenvalue weighted by atomic mass is 10.0. The maximum atomic E-state index is 12.6. The average molecular weight is 366 g/mol. The molecule has 2 aliphatic heterocycles. The van der Waals surface area contributed by atoms with Crippen LogP contribution >= 0.6 is 23.2 Å². The first-order valence-corrected chi connectivity index (χ1v) is 8.65. The zero-order valence-corrected chi connectivity index (χ0v) is 14.8. The standard InChI is InChI=1S/C17H19Cl2N4O/c1-23-11-21(16-8-3-2-6-15(16)19)9-13-12(5-4-7-14(13)18)17(23)22(24)10-20-23/h2-8,17,20,22H,9-11H2,1H3/q+1. The summed E-state index contributed by atoms with van der Waals surface area (Å²) in [6, 6.07) is 13.6. The number of fused-ring (bicyclic) bond motifs is 3. The van der Waals surface area contributed by atoms with Crippen LogP contribution in [0.3, 0.4) is 0 Å². The SMILES string of the molecule is C[N+]12CN(c3ccccc3Cl)Cc3c(Cl)cccc3C1[NH+]([O-])CN2. The first-order valence-electron chi connectivity index (χ1n) is 7.89. The fraction of sp³-hybridized carbons (Fsp3) is 0.294. The van der Waals surface area contributed by atoms with Gasteiger partial charge < -0.3 is 15.2 Å². The van der Waals surface area contributed by atoms with Crippen molar-refractivity contribution in [1.82, 2.24) is 5.43 Å². The molecule has 2 N–H and O–H groups in total. The molecule has 2 heterocycles. The van der Waals surface area contributed by atoms with Gasteiger partial charge >= 0.3 is 0 Å². The first-order chi connectivity index (χ1) is 11.5. The number of benzene rings is 2. The van der Waals surface area contributed by atoms with Gasteiger partial charge in [0, 0.05) is 10.6 Å². The number of nitrogens with zero attached hydrogens (tertiary/aromatic N) is 2. The molecule has 4 rings (SSSR count). The van der Waals surface area contributed by atoms with Gasteiger partial charge in [-0.05, 0) is 24.3 Å². The quantitative estimate of drug-likeness (QED) is 0.601. The molecule has 0 radical (unpaired) electrons. The minimum Gasteiger partial charge on any atom is -0.629 e. The molecule has 0 aromatic heterocycles. The molecule has 5 nitrogen and oxygen atoms in total. The Labute approximate surface area is 151 Å². The van der Waals surface area contributed by atoms with E-state index in [1.165, 1.54) is 0 Å². The Hall–Kier alpha value is -1.34. The van der Waals surface area contributed by atoms with Gasteiger partial charge in [0.25, 0.3) is 6.17 Å². The van der Waals surface area contributed by atoms with Crippen molar-refractivity contribution in [2.75, 3.05) is 25.3 Å². The van der Waals surface area contributed by atoms with Crippen LogP contribution in [0.2, 0.25) is 10.0 Å². The maximum absolute atomic E-state index is 12.6. The Bertz CT molecular complexity index is 787. The Morgan fingerprint density at radius 3 is 2.71 bits per heavy atom. The zero-order chi connectivity index (χ0) is 16.9. The van der Waals surface area contributed by atoms with Crippen LogP contribution in [0.15, 0.2) is 42.5 Å². The lowest BCUT2D eigenvalue weighted by Gasteiger charge is -2.35. The lowest BCUT2D eigenvalue weighted by molar-refractivity contribution is -1.07. The molecule has 1 saturated heterocycles. The van der Waals surface area contributed by atoms with Crippen molar-refractivity contribution in [3.8, 4) is 0 Å². The summed E-state index contributed by atoms with van der Waals surface area (Å²) in [6.07, 6.45) is -0.244. The number of halogens is 2. The van der Waals surface area contributed by atoms with Crippen molar-refractivity contribution < 1.29 is 9.66 Å². The molecule has 2 aromatic rings. The molecular formula is C17H19Cl2N4O+. The third kappa shape index (κ3) is 2.49. The Kier molecular flexibility index (Phi) is 3.95. The summed E-state index contributed by atoms with van der Waals surface area (Å²) in [5, 5.41) is 14.2. The van der Waals surface area contributed by atoms with Gasteiger partial charge in [0.05, 0.1) is 29.9 Å². The van der Waals surface area contributed by atoms with Crippen LogP contribution in [0.25, 0.3) is 0 Å². The number of hydroxylamine groups is 2. The third-order valence-electron chi connectivity index (χ3n) is 4.95. The summed E-state index contributed by atoms with van der Waals surface area (Å²) in [4.78, 5) is 2.19. The highest BCUT2D eigenvalue weighted by atomic mass is 35.5. The molecule has 0 bridgehead atoms. The van der Waals surface area contributed by atoms with Crippen molar-refractivity contribution in [2.45, 2.75) is 12.7 Å². The summed E-state index contributed by atoms with van der Waals surface area (Å²) < 4.78 is 0.428. The second kappa shape index (κ2) is 5.88. The zero-order valence-electron chi connectivity index (χ0n) is 13.3. The van der Waals surface area contributed by atoms with E-state index in [1.54, 1.807) is 0 Å². The van der Waals surface area contributed by atoms with Gasteiger partial charge in [0.2, 0.25) is 0 Å². The van der Waals surface area contributed by atoms with Gasteiger partial charge in [0.1, 0.15) is 0 Å². The summed E-state index contributed by atoms with van der Waals surface area (Å²) in [7, 11) is 2.05. The van der Waals surface area contributed by atoms with Crippen LogP contribution in [0.4, 0.5) is 5.69 Å². The fourth-order valence-corrected chi connectivity index (χ4v) is 4.34. The van der Waals surface area contributed by atoms with E-state index in [0.717, 1.165) is 16.8 Å². The van der Waals surface area contributed by atoms with E-state index in [1.807, 2.05) is 42.5 Å². The number of nitrogens with one attached hydrogen (secondary N) is 2. The van der Waals surface area contributed by atoms with Crippen LogP contribution in [0.1, 0.15) is 17.3 Å². The molecule has 0 spiro atoms. The first kappa shape index (κ1) is 16.1. The van der Waals surface area contributed by atoms with E-state index in [9.17, 15) is 5.21 Å². The van der Waals surface area contributed by atoms with E-state index >= 15 is 0 Å². The number of hydrogen-bond acceptors (Lipinski definition) is 3. The molecule has 1 fully saturated rings. The van der Waals surface area contributed by atoms with E-state index in [4.69, 9.17) is 23.2 Å². The van der Waals surface area contributed by atoms with Gasteiger partial charge in [-0.2, -0.15) is 4.59 Å². The molecule has 0 aliphatic carbocycles. The average Bonchev–Trinajstić information content (AvgIpc) is 2.76. The normalized spacial score (nSPS) is 29.1. The predicted molar refractivity (Wildman–Crippen MR) is 95.2 cm³/mol. The Morgan fingerprint density at radius 1 is 1.17 bits per heavy atom.